The molecule has 0 aliphatic heterocycles. The van der Waals surface area contributed by atoms with Crippen LogP contribution in [0.3, 0.4) is 0 Å². The molecule has 2 N–H and O–H groups in total. The number of hydrogen-bond acceptors (Lipinski definition) is 5. The van der Waals surface area contributed by atoms with Crippen molar-refractivity contribution in [2.45, 2.75) is 39.7 Å². The van der Waals surface area contributed by atoms with Crippen molar-refractivity contribution in [3.05, 3.63) is 28.5 Å². The molecule has 0 aliphatic rings. The summed E-state index contributed by atoms with van der Waals surface area (Å²) in [5.41, 5.74) is 0.673. The second-order valence-electron chi connectivity index (χ2n) is 5.00. The molecule has 5 nitrogen and oxygen atoms in total. The number of rotatable bonds is 6. The molecule has 2 aromatic heterocycles. The number of aliphatic hydroxyl groups is 1. The van der Waals surface area contributed by atoms with Gasteiger partial charge in [-0.05, 0) is 32.4 Å². The van der Waals surface area contributed by atoms with Crippen LogP contribution in [0.15, 0.2) is 16.5 Å². The summed E-state index contributed by atoms with van der Waals surface area (Å²) in [6.45, 7) is 5.93. The second-order valence-corrected chi connectivity index (χ2v) is 6.00. The molecule has 6 heteroatoms. The maximum absolute atomic E-state index is 12.1. The molecule has 0 aliphatic carbocycles. The quantitative estimate of drug-likeness (QED) is 0.860. The normalized spacial score (nSPS) is 12.4. The average molecular weight is 308 g/mol. The van der Waals surface area contributed by atoms with Gasteiger partial charge in [0.2, 0.25) is 0 Å². The summed E-state index contributed by atoms with van der Waals surface area (Å²) in [5, 5.41) is 13.1. The third-order valence-corrected chi connectivity index (χ3v) is 4.24. The number of furan rings is 1. The molecular weight excluding hydrogens is 288 g/mol. The lowest BCUT2D eigenvalue weighted by Gasteiger charge is -2.09. The lowest BCUT2D eigenvalue weighted by Crippen LogP contribution is -2.31. The molecule has 0 bridgehead atoms. The van der Waals surface area contributed by atoms with E-state index in [-0.39, 0.29) is 12.5 Å². The maximum atomic E-state index is 12.1. The third kappa shape index (κ3) is 3.92. The molecule has 0 saturated heterocycles. The number of hydrogen-bond donors (Lipinski definition) is 2. The lowest BCUT2D eigenvalue weighted by molar-refractivity contribution is 0.0913. The summed E-state index contributed by atoms with van der Waals surface area (Å²) >= 11 is 1.30. The Bertz CT molecular complexity index is 618. The average Bonchev–Trinajstić information content (AvgIpc) is 3.02. The van der Waals surface area contributed by atoms with Gasteiger partial charge in [0.1, 0.15) is 10.6 Å². The highest BCUT2D eigenvalue weighted by Gasteiger charge is 2.18. The van der Waals surface area contributed by atoms with Gasteiger partial charge in [0, 0.05) is 6.54 Å². The molecular formula is C15H20N2O3S. The van der Waals surface area contributed by atoms with Gasteiger partial charge in [0.15, 0.2) is 10.8 Å². The summed E-state index contributed by atoms with van der Waals surface area (Å²) in [4.78, 5) is 17.1. The largest absolute Gasteiger partial charge is 0.459 e. The highest BCUT2D eigenvalue weighted by atomic mass is 32.1. The first-order valence-corrected chi connectivity index (χ1v) is 7.83. The molecule has 0 fully saturated rings. The number of carbonyl (C=O) groups is 1. The minimum Gasteiger partial charge on any atom is -0.459 e. The third-order valence-electron chi connectivity index (χ3n) is 3.07. The van der Waals surface area contributed by atoms with Crippen molar-refractivity contribution in [2.75, 3.05) is 6.54 Å². The van der Waals surface area contributed by atoms with E-state index in [4.69, 9.17) is 4.42 Å². The van der Waals surface area contributed by atoms with Crippen molar-refractivity contribution in [1.82, 2.24) is 10.3 Å². The fourth-order valence-corrected chi connectivity index (χ4v) is 2.93. The van der Waals surface area contributed by atoms with E-state index in [1.54, 1.807) is 6.92 Å². The monoisotopic (exact) mass is 308 g/mol. The fourth-order valence-electron chi connectivity index (χ4n) is 1.99. The van der Waals surface area contributed by atoms with Crippen LogP contribution in [0.25, 0.3) is 10.8 Å². The molecule has 0 saturated carbocycles. The number of amides is 1. The Morgan fingerprint density at radius 1 is 1.48 bits per heavy atom. The SMILES string of the molecule is CCCC(O)CNC(=O)c1sc(-c2ccc(C)o2)nc1C. The minimum atomic E-state index is -0.501. The molecule has 0 spiro atoms. The zero-order valence-corrected chi connectivity index (χ0v) is 13.3. The molecule has 0 aromatic carbocycles. The highest BCUT2D eigenvalue weighted by molar-refractivity contribution is 7.17. The summed E-state index contributed by atoms with van der Waals surface area (Å²) in [7, 11) is 0. The number of thiazole rings is 1. The van der Waals surface area contributed by atoms with Gasteiger partial charge in [0.25, 0.3) is 5.91 Å². The summed E-state index contributed by atoms with van der Waals surface area (Å²) in [6, 6.07) is 3.72. The molecule has 1 unspecified atom stereocenters. The molecule has 0 radical (unpaired) electrons. The van der Waals surface area contributed by atoms with Crippen LogP contribution in [0, 0.1) is 13.8 Å². The second kappa shape index (κ2) is 6.87. The Kier molecular flexibility index (Phi) is 5.14. The van der Waals surface area contributed by atoms with E-state index in [1.807, 2.05) is 26.0 Å². The number of aromatic nitrogens is 1. The van der Waals surface area contributed by atoms with E-state index < -0.39 is 6.10 Å². The summed E-state index contributed by atoms with van der Waals surface area (Å²) < 4.78 is 5.52. The van der Waals surface area contributed by atoms with Crippen LogP contribution in [0.5, 0.6) is 0 Å². The van der Waals surface area contributed by atoms with Gasteiger partial charge in [-0.2, -0.15) is 0 Å². The Hall–Kier alpha value is -1.66. The number of aryl methyl sites for hydroxylation is 2. The first-order chi connectivity index (χ1) is 10.0. The number of carbonyl (C=O) groups excluding carboxylic acids is 1. The van der Waals surface area contributed by atoms with Crippen molar-refractivity contribution >= 4 is 17.2 Å². The van der Waals surface area contributed by atoms with E-state index in [0.717, 1.165) is 12.2 Å². The molecule has 21 heavy (non-hydrogen) atoms. The zero-order chi connectivity index (χ0) is 15.4. The van der Waals surface area contributed by atoms with Gasteiger partial charge in [-0.3, -0.25) is 4.79 Å². The molecule has 2 rings (SSSR count). The van der Waals surface area contributed by atoms with Crippen molar-refractivity contribution < 1.29 is 14.3 Å². The van der Waals surface area contributed by atoms with Gasteiger partial charge in [0.05, 0.1) is 11.8 Å². The van der Waals surface area contributed by atoms with Crippen LogP contribution < -0.4 is 5.32 Å². The van der Waals surface area contributed by atoms with Gasteiger partial charge in [-0.25, -0.2) is 4.98 Å². The Morgan fingerprint density at radius 2 is 2.24 bits per heavy atom. The van der Waals surface area contributed by atoms with Crippen LogP contribution in [-0.2, 0) is 0 Å². The lowest BCUT2D eigenvalue weighted by atomic mass is 10.2. The standard InChI is InChI=1S/C15H20N2O3S/c1-4-5-11(18)8-16-14(19)13-10(3)17-15(21-13)12-7-6-9(2)20-12/h6-7,11,18H,4-5,8H2,1-3H3,(H,16,19). The van der Waals surface area contributed by atoms with Crippen molar-refractivity contribution in [1.29, 1.82) is 0 Å². The van der Waals surface area contributed by atoms with E-state index in [9.17, 15) is 9.90 Å². The molecule has 1 atom stereocenters. The predicted molar refractivity (Wildman–Crippen MR) is 82.5 cm³/mol. The number of nitrogens with one attached hydrogen (secondary N) is 1. The number of nitrogens with zero attached hydrogens (tertiary/aromatic N) is 1. The van der Waals surface area contributed by atoms with Gasteiger partial charge < -0.3 is 14.8 Å². The van der Waals surface area contributed by atoms with Gasteiger partial charge >= 0.3 is 0 Å². The Balaban J connectivity index is 2.06. The first-order valence-electron chi connectivity index (χ1n) is 7.01. The smallest absolute Gasteiger partial charge is 0.263 e. The maximum Gasteiger partial charge on any atom is 0.263 e. The Labute approximate surface area is 128 Å². The van der Waals surface area contributed by atoms with Crippen LogP contribution in [0.1, 0.15) is 40.9 Å². The van der Waals surface area contributed by atoms with Crippen molar-refractivity contribution in [3.8, 4) is 10.8 Å². The predicted octanol–water partition coefficient (Wildman–Crippen LogP) is 2.91. The van der Waals surface area contributed by atoms with Crippen LogP contribution >= 0.6 is 11.3 Å². The Morgan fingerprint density at radius 3 is 2.86 bits per heavy atom. The van der Waals surface area contributed by atoms with Crippen LogP contribution in [-0.4, -0.2) is 28.6 Å². The van der Waals surface area contributed by atoms with E-state index in [0.29, 0.717) is 27.8 Å². The van der Waals surface area contributed by atoms with E-state index in [1.165, 1.54) is 11.3 Å². The van der Waals surface area contributed by atoms with Gasteiger partial charge in [-0.15, -0.1) is 11.3 Å². The molecule has 1 amide bonds. The minimum absolute atomic E-state index is 0.199. The molecule has 2 heterocycles. The summed E-state index contributed by atoms with van der Waals surface area (Å²) in [5.74, 6) is 1.28. The topological polar surface area (TPSA) is 75.4 Å². The van der Waals surface area contributed by atoms with E-state index >= 15 is 0 Å². The molecule has 2 aromatic rings. The summed E-state index contributed by atoms with van der Waals surface area (Å²) in [6.07, 6.45) is 1.07. The van der Waals surface area contributed by atoms with Gasteiger partial charge in [-0.1, -0.05) is 13.3 Å². The zero-order valence-electron chi connectivity index (χ0n) is 12.5. The van der Waals surface area contributed by atoms with Crippen LogP contribution in [0.2, 0.25) is 0 Å². The molecule has 114 valence electrons. The highest BCUT2D eigenvalue weighted by Crippen LogP contribution is 2.29. The van der Waals surface area contributed by atoms with Crippen molar-refractivity contribution in [2.24, 2.45) is 0 Å². The van der Waals surface area contributed by atoms with E-state index in [2.05, 4.69) is 10.3 Å². The first kappa shape index (κ1) is 15.7. The van der Waals surface area contributed by atoms with Crippen LogP contribution in [0.4, 0.5) is 0 Å². The number of aliphatic hydroxyl groups excluding tert-OH is 1. The fraction of sp³-hybridized carbons (Fsp3) is 0.467. The van der Waals surface area contributed by atoms with Crippen molar-refractivity contribution in [3.63, 3.8) is 0 Å².